The van der Waals surface area contributed by atoms with E-state index in [1.165, 1.54) is 18.2 Å². The minimum atomic E-state index is -0.458. The molecular weight excluding hydrogens is 422 g/mol. The second-order valence-electron chi connectivity index (χ2n) is 9.64. The Bertz CT molecular complexity index is 1100. The van der Waals surface area contributed by atoms with Gasteiger partial charge in [0.25, 0.3) is 5.91 Å². The Morgan fingerprint density at radius 1 is 0.735 bits per heavy atom. The predicted octanol–water partition coefficient (Wildman–Crippen LogP) is 6.72. The van der Waals surface area contributed by atoms with Crippen molar-refractivity contribution in [3.8, 4) is 0 Å². The molecule has 0 aliphatic heterocycles. The smallest absolute Gasteiger partial charge is 0.337 e. The summed E-state index contributed by atoms with van der Waals surface area (Å²) in [7, 11) is 1.34. The Labute approximate surface area is 203 Å². The van der Waals surface area contributed by atoms with Crippen LogP contribution in [0.15, 0.2) is 72.8 Å². The summed E-state index contributed by atoms with van der Waals surface area (Å²) in [5.41, 5.74) is 5.23. The molecule has 0 unspecified atom stereocenters. The number of carbonyl (C=O) groups excluding carboxylic acids is 2. The molecule has 1 amide bonds. The minimum Gasteiger partial charge on any atom is -0.465 e. The summed E-state index contributed by atoms with van der Waals surface area (Å²) < 4.78 is 4.83. The molecule has 0 saturated heterocycles. The van der Waals surface area contributed by atoms with E-state index in [4.69, 9.17) is 4.74 Å². The molecule has 3 aromatic carbocycles. The van der Waals surface area contributed by atoms with Crippen LogP contribution in [0.4, 0.5) is 5.69 Å². The van der Waals surface area contributed by atoms with Gasteiger partial charge in [-0.25, -0.2) is 4.79 Å². The van der Waals surface area contributed by atoms with Gasteiger partial charge in [-0.2, -0.15) is 0 Å². The molecule has 0 heterocycles. The zero-order valence-corrected chi connectivity index (χ0v) is 20.9. The summed E-state index contributed by atoms with van der Waals surface area (Å²) in [6.45, 7) is 9.24. The van der Waals surface area contributed by atoms with E-state index >= 15 is 0 Å². The highest BCUT2D eigenvalue weighted by Gasteiger charge is 2.20. The molecule has 0 radical (unpaired) electrons. The fourth-order valence-electron chi connectivity index (χ4n) is 4.05. The molecular formula is C30H35NO3. The van der Waals surface area contributed by atoms with E-state index < -0.39 is 5.97 Å². The zero-order chi connectivity index (χ0) is 24.7. The summed E-state index contributed by atoms with van der Waals surface area (Å²) in [6, 6.07) is 23.4. The number of methoxy groups -OCH3 is 1. The fraction of sp³-hybridized carbons (Fsp3) is 0.333. The van der Waals surface area contributed by atoms with E-state index in [-0.39, 0.29) is 5.91 Å². The zero-order valence-electron chi connectivity index (χ0n) is 20.9. The largest absolute Gasteiger partial charge is 0.465 e. The average molecular weight is 458 g/mol. The van der Waals surface area contributed by atoms with E-state index in [0.29, 0.717) is 29.5 Å². The van der Waals surface area contributed by atoms with Crippen LogP contribution in [0.1, 0.15) is 65.1 Å². The van der Waals surface area contributed by atoms with Gasteiger partial charge in [-0.15, -0.1) is 0 Å². The number of benzene rings is 3. The Kier molecular flexibility index (Phi) is 8.64. The van der Waals surface area contributed by atoms with Gasteiger partial charge >= 0.3 is 5.97 Å². The molecule has 0 spiro atoms. The van der Waals surface area contributed by atoms with Crippen molar-refractivity contribution in [3.63, 3.8) is 0 Å². The molecule has 0 aliphatic rings. The van der Waals surface area contributed by atoms with Gasteiger partial charge in [0, 0.05) is 11.3 Å². The van der Waals surface area contributed by atoms with Crippen LogP contribution in [0.25, 0.3) is 0 Å². The number of nitrogens with zero attached hydrogens (tertiary/aromatic N) is 1. The van der Waals surface area contributed by atoms with E-state index in [0.717, 1.165) is 24.1 Å². The van der Waals surface area contributed by atoms with Gasteiger partial charge in [0.1, 0.15) is 0 Å². The second-order valence-corrected chi connectivity index (χ2v) is 9.64. The number of amides is 1. The van der Waals surface area contributed by atoms with E-state index in [1.807, 2.05) is 12.1 Å². The fourth-order valence-corrected chi connectivity index (χ4v) is 4.05. The predicted molar refractivity (Wildman–Crippen MR) is 138 cm³/mol. The summed E-state index contributed by atoms with van der Waals surface area (Å²) in [6.07, 6.45) is 2.02. The maximum Gasteiger partial charge on any atom is 0.337 e. The molecule has 34 heavy (non-hydrogen) atoms. The molecule has 0 atom stereocenters. The average Bonchev–Trinajstić information content (AvgIpc) is 2.82. The molecule has 4 heteroatoms. The Balaban J connectivity index is 1.93. The number of hydrogen-bond acceptors (Lipinski definition) is 3. The minimum absolute atomic E-state index is 0.159. The first-order valence-electron chi connectivity index (χ1n) is 11.9. The summed E-state index contributed by atoms with van der Waals surface area (Å²) in [5.74, 6) is 0.540. The van der Waals surface area contributed by atoms with Crippen LogP contribution in [-0.2, 0) is 24.1 Å². The van der Waals surface area contributed by atoms with Gasteiger partial charge < -0.3 is 9.64 Å². The number of anilines is 1. The maximum absolute atomic E-state index is 13.7. The van der Waals surface area contributed by atoms with Crippen molar-refractivity contribution in [1.29, 1.82) is 0 Å². The van der Waals surface area contributed by atoms with Gasteiger partial charge in [0.2, 0.25) is 0 Å². The number of rotatable bonds is 9. The lowest BCUT2D eigenvalue weighted by Gasteiger charge is -2.24. The van der Waals surface area contributed by atoms with E-state index in [1.54, 1.807) is 29.2 Å². The van der Waals surface area contributed by atoms with Crippen molar-refractivity contribution in [2.24, 2.45) is 11.8 Å². The highest BCUT2D eigenvalue weighted by Crippen LogP contribution is 2.23. The summed E-state index contributed by atoms with van der Waals surface area (Å²) in [4.78, 5) is 27.4. The molecule has 3 aromatic rings. The highest BCUT2D eigenvalue weighted by molar-refractivity contribution is 6.07. The first-order valence-corrected chi connectivity index (χ1v) is 11.9. The third-order valence-electron chi connectivity index (χ3n) is 5.68. The standard InChI is InChI=1S/C30H35NO3/c1-21(2)17-23-9-11-25(12-10-23)20-31(28-15-13-24(14-16-28)18-22(3)4)29(32)26-7-6-8-27(19-26)30(33)34-5/h6-16,19,21-22H,17-18,20H2,1-5H3. The van der Waals surface area contributed by atoms with Gasteiger partial charge in [-0.1, -0.05) is 70.2 Å². The molecule has 0 aromatic heterocycles. The van der Waals surface area contributed by atoms with Crippen LogP contribution in [0.5, 0.6) is 0 Å². The van der Waals surface area contributed by atoms with Gasteiger partial charge in [-0.05, 0) is 71.7 Å². The van der Waals surface area contributed by atoms with Crippen molar-refractivity contribution in [3.05, 3.63) is 101 Å². The maximum atomic E-state index is 13.7. The lowest BCUT2D eigenvalue weighted by Crippen LogP contribution is -2.30. The van der Waals surface area contributed by atoms with Crippen molar-refractivity contribution in [1.82, 2.24) is 0 Å². The lowest BCUT2D eigenvalue weighted by molar-refractivity contribution is 0.0600. The topological polar surface area (TPSA) is 46.6 Å². The number of hydrogen-bond donors (Lipinski definition) is 0. The van der Waals surface area contributed by atoms with Gasteiger partial charge in [0.05, 0.1) is 19.2 Å². The molecule has 3 rings (SSSR count). The van der Waals surface area contributed by atoms with Crippen molar-refractivity contribution >= 4 is 17.6 Å². The quantitative estimate of drug-likeness (QED) is 0.335. The van der Waals surface area contributed by atoms with Crippen LogP contribution < -0.4 is 4.90 Å². The Morgan fingerprint density at radius 2 is 1.24 bits per heavy atom. The van der Waals surface area contributed by atoms with Crippen LogP contribution in [0.2, 0.25) is 0 Å². The van der Waals surface area contributed by atoms with Crippen LogP contribution in [-0.4, -0.2) is 19.0 Å². The molecule has 178 valence electrons. The summed E-state index contributed by atoms with van der Waals surface area (Å²) in [5, 5.41) is 0. The number of carbonyl (C=O) groups is 2. The summed E-state index contributed by atoms with van der Waals surface area (Å²) >= 11 is 0. The van der Waals surface area contributed by atoms with E-state index in [9.17, 15) is 9.59 Å². The Hall–Kier alpha value is -3.40. The van der Waals surface area contributed by atoms with Gasteiger partial charge in [0.15, 0.2) is 0 Å². The number of ether oxygens (including phenoxy) is 1. The molecule has 0 bridgehead atoms. The first kappa shape index (κ1) is 25.2. The van der Waals surface area contributed by atoms with Crippen LogP contribution in [0, 0.1) is 11.8 Å². The van der Waals surface area contributed by atoms with Crippen LogP contribution >= 0.6 is 0 Å². The first-order chi connectivity index (χ1) is 16.3. The number of esters is 1. The SMILES string of the molecule is COC(=O)c1cccc(C(=O)N(Cc2ccc(CC(C)C)cc2)c2ccc(CC(C)C)cc2)c1. The molecule has 0 N–H and O–H groups in total. The van der Waals surface area contributed by atoms with Crippen LogP contribution in [0.3, 0.4) is 0 Å². The van der Waals surface area contributed by atoms with Crippen molar-refractivity contribution in [2.45, 2.75) is 47.1 Å². The normalized spacial score (nSPS) is 11.0. The third-order valence-corrected chi connectivity index (χ3v) is 5.68. The van der Waals surface area contributed by atoms with Gasteiger partial charge in [-0.3, -0.25) is 4.79 Å². The molecule has 4 nitrogen and oxygen atoms in total. The van der Waals surface area contributed by atoms with E-state index in [2.05, 4.69) is 64.1 Å². The van der Waals surface area contributed by atoms with Crippen molar-refractivity contribution in [2.75, 3.05) is 12.0 Å². The lowest BCUT2D eigenvalue weighted by atomic mass is 10.0. The second kappa shape index (κ2) is 11.6. The highest BCUT2D eigenvalue weighted by atomic mass is 16.5. The molecule has 0 fully saturated rings. The van der Waals surface area contributed by atoms with Crippen molar-refractivity contribution < 1.29 is 14.3 Å². The molecule has 0 aliphatic carbocycles. The molecule has 0 saturated carbocycles. The third kappa shape index (κ3) is 6.80. The monoisotopic (exact) mass is 457 g/mol. The Morgan fingerprint density at radius 3 is 1.76 bits per heavy atom.